The third-order valence-corrected chi connectivity index (χ3v) is 5.77. The number of hydrogen-bond acceptors (Lipinski definition) is 4. The number of urea groups is 1. The second-order valence-electron chi connectivity index (χ2n) is 7.48. The summed E-state index contributed by atoms with van der Waals surface area (Å²) in [5.41, 5.74) is 2.62. The van der Waals surface area contributed by atoms with E-state index in [0.717, 1.165) is 26.1 Å². The Kier molecular flexibility index (Phi) is 5.59. The monoisotopic (exact) mass is 372 g/mol. The summed E-state index contributed by atoms with van der Waals surface area (Å²) in [4.78, 5) is 33.2. The van der Waals surface area contributed by atoms with Crippen LogP contribution in [0.3, 0.4) is 0 Å². The van der Waals surface area contributed by atoms with E-state index >= 15 is 0 Å². The van der Waals surface area contributed by atoms with Gasteiger partial charge < -0.3 is 19.4 Å². The van der Waals surface area contributed by atoms with Gasteiger partial charge in [-0.3, -0.25) is 9.69 Å². The maximum Gasteiger partial charge on any atom is 0.320 e. The fraction of sp³-hybridized carbons (Fsp3) is 0.600. The number of nitrogens with zero attached hydrogens (tertiary/aromatic N) is 4. The number of hydrogen-bond donors (Lipinski definition) is 0. The first-order valence-corrected chi connectivity index (χ1v) is 9.89. The Morgan fingerprint density at radius 2 is 1.48 bits per heavy atom. The topological polar surface area (TPSA) is 56.3 Å². The van der Waals surface area contributed by atoms with Crippen molar-refractivity contribution in [3.63, 3.8) is 0 Å². The largest absolute Gasteiger partial charge is 0.378 e. The molecule has 0 saturated carbocycles. The van der Waals surface area contributed by atoms with E-state index < -0.39 is 0 Å². The number of benzene rings is 1. The lowest BCUT2D eigenvalue weighted by Gasteiger charge is -2.39. The molecule has 0 unspecified atom stereocenters. The molecule has 3 aliphatic heterocycles. The molecule has 3 heterocycles. The molecule has 3 aliphatic rings. The number of carbonyl (C=O) groups is 2. The van der Waals surface area contributed by atoms with Crippen LogP contribution in [0.15, 0.2) is 24.3 Å². The fourth-order valence-electron chi connectivity index (χ4n) is 4.05. The van der Waals surface area contributed by atoms with Gasteiger partial charge in [0.2, 0.25) is 5.91 Å². The lowest BCUT2D eigenvalue weighted by molar-refractivity contribution is -0.133. The Morgan fingerprint density at radius 1 is 0.815 bits per heavy atom. The summed E-state index contributed by atoms with van der Waals surface area (Å²) in [6.45, 7) is 7.44. The van der Waals surface area contributed by atoms with Crippen LogP contribution in [0.25, 0.3) is 0 Å². The number of ether oxygens (including phenoxy) is 1. The highest BCUT2D eigenvalue weighted by molar-refractivity contribution is 5.79. The molecule has 0 radical (unpaired) electrons. The zero-order chi connectivity index (χ0) is 18.6. The van der Waals surface area contributed by atoms with E-state index in [2.05, 4.69) is 23.1 Å². The van der Waals surface area contributed by atoms with Crippen molar-refractivity contribution in [1.82, 2.24) is 19.6 Å². The molecule has 3 amide bonds. The maximum atomic E-state index is 12.7. The van der Waals surface area contributed by atoms with Crippen LogP contribution in [0.1, 0.15) is 11.1 Å². The first-order chi connectivity index (χ1) is 13.2. The molecule has 0 aromatic heterocycles. The van der Waals surface area contributed by atoms with Gasteiger partial charge in [-0.1, -0.05) is 24.3 Å². The Bertz CT molecular complexity index is 682. The standard InChI is InChI=1S/C20H28N4O3/c25-19(24-6-5-17-3-1-2-4-18(17)15-24)16-21-7-9-22(10-8-21)20(26)23-11-13-27-14-12-23/h1-4H,5-16H2. The van der Waals surface area contributed by atoms with Gasteiger partial charge in [-0.15, -0.1) is 0 Å². The van der Waals surface area contributed by atoms with Crippen molar-refractivity contribution in [1.29, 1.82) is 0 Å². The number of fused-ring (bicyclic) bond motifs is 1. The van der Waals surface area contributed by atoms with Crippen LogP contribution < -0.4 is 0 Å². The molecule has 2 saturated heterocycles. The van der Waals surface area contributed by atoms with Crippen molar-refractivity contribution < 1.29 is 14.3 Å². The van der Waals surface area contributed by atoms with Crippen LogP contribution in [0.2, 0.25) is 0 Å². The molecule has 0 aliphatic carbocycles. The van der Waals surface area contributed by atoms with Gasteiger partial charge in [0.1, 0.15) is 0 Å². The Hall–Kier alpha value is -2.12. The van der Waals surface area contributed by atoms with Gasteiger partial charge in [0.15, 0.2) is 0 Å². The normalized spacial score (nSPS) is 21.1. The van der Waals surface area contributed by atoms with Crippen molar-refractivity contribution in [3.05, 3.63) is 35.4 Å². The highest BCUT2D eigenvalue weighted by atomic mass is 16.5. The molecule has 4 rings (SSSR count). The minimum absolute atomic E-state index is 0.108. The van der Waals surface area contributed by atoms with Crippen molar-refractivity contribution in [2.24, 2.45) is 0 Å². The number of rotatable bonds is 2. The minimum Gasteiger partial charge on any atom is -0.378 e. The second-order valence-corrected chi connectivity index (χ2v) is 7.48. The summed E-state index contributed by atoms with van der Waals surface area (Å²) >= 11 is 0. The average Bonchev–Trinajstić information content (AvgIpc) is 2.74. The molecular weight excluding hydrogens is 344 g/mol. The third kappa shape index (κ3) is 4.25. The van der Waals surface area contributed by atoms with Gasteiger partial charge in [0.05, 0.1) is 19.8 Å². The molecule has 1 aromatic carbocycles. The van der Waals surface area contributed by atoms with Crippen molar-refractivity contribution in [3.8, 4) is 0 Å². The van der Waals surface area contributed by atoms with E-state index in [0.29, 0.717) is 52.5 Å². The fourth-order valence-corrected chi connectivity index (χ4v) is 4.05. The Labute approximate surface area is 160 Å². The first kappa shape index (κ1) is 18.3. The van der Waals surface area contributed by atoms with E-state index in [-0.39, 0.29) is 11.9 Å². The van der Waals surface area contributed by atoms with Crippen LogP contribution in [-0.2, 0) is 22.5 Å². The summed E-state index contributed by atoms with van der Waals surface area (Å²) in [6.07, 6.45) is 0.934. The van der Waals surface area contributed by atoms with E-state index in [1.807, 2.05) is 20.8 Å². The smallest absolute Gasteiger partial charge is 0.320 e. The van der Waals surface area contributed by atoms with Crippen LogP contribution in [0.4, 0.5) is 4.79 Å². The molecule has 7 heteroatoms. The average molecular weight is 372 g/mol. The van der Waals surface area contributed by atoms with Crippen molar-refractivity contribution >= 4 is 11.9 Å². The molecule has 0 spiro atoms. The van der Waals surface area contributed by atoms with Gasteiger partial charge in [-0.05, 0) is 17.5 Å². The third-order valence-electron chi connectivity index (χ3n) is 5.77. The number of carbonyl (C=O) groups excluding carboxylic acids is 2. The zero-order valence-corrected chi connectivity index (χ0v) is 15.8. The highest BCUT2D eigenvalue weighted by Crippen LogP contribution is 2.19. The summed E-state index contributed by atoms with van der Waals surface area (Å²) in [7, 11) is 0. The maximum absolute atomic E-state index is 12.7. The second kappa shape index (κ2) is 8.27. The highest BCUT2D eigenvalue weighted by Gasteiger charge is 2.28. The molecule has 0 atom stereocenters. The molecule has 0 N–H and O–H groups in total. The Balaban J connectivity index is 1.24. The van der Waals surface area contributed by atoms with Crippen LogP contribution in [0, 0.1) is 0 Å². The predicted octanol–water partition coefficient (Wildman–Crippen LogP) is 0.641. The van der Waals surface area contributed by atoms with Crippen LogP contribution >= 0.6 is 0 Å². The molecule has 27 heavy (non-hydrogen) atoms. The zero-order valence-electron chi connectivity index (χ0n) is 15.8. The summed E-state index contributed by atoms with van der Waals surface area (Å²) in [5, 5.41) is 0. The van der Waals surface area contributed by atoms with Crippen molar-refractivity contribution in [2.45, 2.75) is 13.0 Å². The number of amides is 3. The molecule has 1 aromatic rings. The molecule has 146 valence electrons. The van der Waals surface area contributed by atoms with E-state index in [9.17, 15) is 9.59 Å². The van der Waals surface area contributed by atoms with Crippen LogP contribution in [-0.4, -0.2) is 97.1 Å². The minimum atomic E-state index is 0.108. The lowest BCUT2D eigenvalue weighted by Crippen LogP contribution is -2.56. The van der Waals surface area contributed by atoms with Gasteiger partial charge in [-0.2, -0.15) is 0 Å². The van der Waals surface area contributed by atoms with Gasteiger partial charge in [0, 0.05) is 52.4 Å². The number of morpholine rings is 1. The molecule has 0 bridgehead atoms. The summed E-state index contributed by atoms with van der Waals surface area (Å²) in [5.74, 6) is 0.192. The van der Waals surface area contributed by atoms with E-state index in [4.69, 9.17) is 4.74 Å². The summed E-state index contributed by atoms with van der Waals surface area (Å²) in [6, 6.07) is 8.48. The van der Waals surface area contributed by atoms with E-state index in [1.54, 1.807) is 0 Å². The van der Waals surface area contributed by atoms with E-state index in [1.165, 1.54) is 11.1 Å². The molecule has 7 nitrogen and oxygen atoms in total. The molecular formula is C20H28N4O3. The van der Waals surface area contributed by atoms with Gasteiger partial charge in [0.25, 0.3) is 0 Å². The van der Waals surface area contributed by atoms with Crippen molar-refractivity contribution in [2.75, 3.05) is 65.6 Å². The predicted molar refractivity (Wildman–Crippen MR) is 101 cm³/mol. The Morgan fingerprint density at radius 3 is 2.22 bits per heavy atom. The first-order valence-electron chi connectivity index (χ1n) is 9.89. The lowest BCUT2D eigenvalue weighted by atomic mass is 10.00. The van der Waals surface area contributed by atoms with Gasteiger partial charge in [-0.25, -0.2) is 4.79 Å². The van der Waals surface area contributed by atoms with Crippen LogP contribution in [0.5, 0.6) is 0 Å². The quantitative estimate of drug-likeness (QED) is 0.765. The number of piperazine rings is 1. The molecule has 2 fully saturated rings. The SMILES string of the molecule is O=C(CN1CCN(C(=O)N2CCOCC2)CC1)N1CCc2ccccc2C1. The summed E-state index contributed by atoms with van der Waals surface area (Å²) < 4.78 is 5.31. The van der Waals surface area contributed by atoms with Gasteiger partial charge >= 0.3 is 6.03 Å².